The third-order valence-corrected chi connectivity index (χ3v) is 5.44. The molecule has 2 unspecified atom stereocenters. The first-order valence-electron chi connectivity index (χ1n) is 9.15. The fourth-order valence-electron chi connectivity index (χ4n) is 3.43. The smallest absolute Gasteiger partial charge is 0.225 e. The summed E-state index contributed by atoms with van der Waals surface area (Å²) in [6.45, 7) is 7.86. The van der Waals surface area contributed by atoms with Gasteiger partial charge in [-0.3, -0.25) is 9.69 Å². The fourth-order valence-corrected chi connectivity index (χ4v) is 3.43. The first kappa shape index (κ1) is 25.2. The van der Waals surface area contributed by atoms with E-state index < -0.39 is 0 Å². The molecule has 6 heteroatoms. The van der Waals surface area contributed by atoms with Crippen LogP contribution in [0.25, 0.3) is 0 Å². The quantitative estimate of drug-likeness (QED) is 0.756. The number of nitrogens with zero attached hydrogens (tertiary/aromatic N) is 1. The van der Waals surface area contributed by atoms with Crippen LogP contribution < -0.4 is 11.1 Å². The predicted molar refractivity (Wildman–Crippen MR) is 114 cm³/mol. The van der Waals surface area contributed by atoms with Gasteiger partial charge in [0.25, 0.3) is 0 Å². The van der Waals surface area contributed by atoms with E-state index in [0.29, 0.717) is 12.6 Å². The summed E-state index contributed by atoms with van der Waals surface area (Å²) in [5.74, 6) is 0.0310. The van der Waals surface area contributed by atoms with Gasteiger partial charge in [0.05, 0.1) is 5.92 Å². The first-order valence-corrected chi connectivity index (χ1v) is 9.15. The molecule has 1 aromatic rings. The van der Waals surface area contributed by atoms with Crippen LogP contribution in [0, 0.1) is 5.92 Å². The number of hydrogen-bond acceptors (Lipinski definition) is 3. The minimum absolute atomic E-state index is 0. The molecule has 0 radical (unpaired) electrons. The summed E-state index contributed by atoms with van der Waals surface area (Å²) < 4.78 is 0. The van der Waals surface area contributed by atoms with E-state index in [-0.39, 0.29) is 42.2 Å². The summed E-state index contributed by atoms with van der Waals surface area (Å²) in [4.78, 5) is 14.9. The molecule has 4 nitrogen and oxygen atoms in total. The van der Waals surface area contributed by atoms with E-state index in [2.05, 4.69) is 49.3 Å². The number of benzene rings is 1. The fraction of sp³-hybridized carbons (Fsp3) is 0.650. The Morgan fingerprint density at radius 3 is 2.46 bits per heavy atom. The Kier molecular flexibility index (Phi) is 10.8. The highest BCUT2D eigenvalue weighted by molar-refractivity contribution is 5.85. The molecule has 1 aromatic carbocycles. The van der Waals surface area contributed by atoms with Gasteiger partial charge in [0.1, 0.15) is 0 Å². The molecule has 2 rings (SSSR count). The van der Waals surface area contributed by atoms with Crippen molar-refractivity contribution < 1.29 is 4.79 Å². The maximum atomic E-state index is 12.6. The zero-order valence-corrected chi connectivity index (χ0v) is 18.1. The third kappa shape index (κ3) is 6.73. The molecular weight excluding hydrogens is 369 g/mol. The van der Waals surface area contributed by atoms with Crippen molar-refractivity contribution in [3.8, 4) is 0 Å². The lowest BCUT2D eigenvalue weighted by molar-refractivity contribution is -0.128. The maximum Gasteiger partial charge on any atom is 0.225 e. The Bertz CT molecular complexity index is 564. The van der Waals surface area contributed by atoms with Crippen molar-refractivity contribution in [2.24, 2.45) is 11.7 Å². The highest BCUT2D eigenvalue weighted by Gasteiger charge is 2.37. The van der Waals surface area contributed by atoms with Crippen LogP contribution in [-0.2, 0) is 17.9 Å². The van der Waals surface area contributed by atoms with Crippen molar-refractivity contribution in [2.45, 2.75) is 71.1 Å². The van der Waals surface area contributed by atoms with Crippen molar-refractivity contribution in [1.29, 1.82) is 0 Å². The molecule has 0 spiro atoms. The highest BCUT2D eigenvalue weighted by Crippen LogP contribution is 2.31. The van der Waals surface area contributed by atoms with Crippen molar-refractivity contribution in [3.63, 3.8) is 0 Å². The van der Waals surface area contributed by atoms with Gasteiger partial charge in [0.2, 0.25) is 5.91 Å². The molecule has 1 amide bonds. The molecule has 1 fully saturated rings. The number of carbonyl (C=O) groups excluding carboxylic acids is 1. The average molecular weight is 404 g/mol. The lowest BCUT2D eigenvalue weighted by atomic mass is 9.74. The van der Waals surface area contributed by atoms with Crippen LogP contribution in [0.1, 0.15) is 57.6 Å². The Morgan fingerprint density at radius 2 is 1.88 bits per heavy atom. The second-order valence-corrected chi connectivity index (χ2v) is 7.80. The van der Waals surface area contributed by atoms with Gasteiger partial charge in [0, 0.05) is 24.7 Å². The van der Waals surface area contributed by atoms with E-state index in [9.17, 15) is 4.79 Å². The molecule has 1 aliphatic rings. The molecule has 0 aromatic heterocycles. The molecular formula is C20H35Cl2N3O. The Balaban J connectivity index is 0.00000312. The number of halogens is 2. The zero-order valence-electron chi connectivity index (χ0n) is 16.5. The van der Waals surface area contributed by atoms with Gasteiger partial charge < -0.3 is 11.1 Å². The van der Waals surface area contributed by atoms with Crippen LogP contribution in [-0.4, -0.2) is 29.4 Å². The Morgan fingerprint density at radius 1 is 1.27 bits per heavy atom. The molecule has 1 aliphatic carbocycles. The number of rotatable bonds is 6. The molecule has 150 valence electrons. The maximum absolute atomic E-state index is 12.6. The van der Waals surface area contributed by atoms with Gasteiger partial charge in [-0.25, -0.2) is 0 Å². The first-order chi connectivity index (χ1) is 11.3. The van der Waals surface area contributed by atoms with Crippen LogP contribution in [0.2, 0.25) is 0 Å². The van der Waals surface area contributed by atoms with Gasteiger partial charge in [0.15, 0.2) is 0 Å². The van der Waals surface area contributed by atoms with Crippen LogP contribution in [0.4, 0.5) is 0 Å². The summed E-state index contributed by atoms with van der Waals surface area (Å²) in [5, 5.41) is 3.13. The van der Waals surface area contributed by atoms with E-state index >= 15 is 0 Å². The molecule has 0 bridgehead atoms. The minimum atomic E-state index is -0.375. The number of amides is 1. The van der Waals surface area contributed by atoms with Gasteiger partial charge in [-0.1, -0.05) is 37.1 Å². The van der Waals surface area contributed by atoms with Crippen molar-refractivity contribution in [2.75, 3.05) is 7.05 Å². The monoisotopic (exact) mass is 403 g/mol. The SMILES string of the molecule is CC(C)N(C)Cc1ccccc1CNC(=O)C1CCCCC1(C)N.Cl.Cl. The average Bonchev–Trinajstić information content (AvgIpc) is 2.53. The second kappa shape index (κ2) is 11.1. The highest BCUT2D eigenvalue weighted by atomic mass is 35.5. The van der Waals surface area contributed by atoms with Crippen LogP contribution in [0.5, 0.6) is 0 Å². The van der Waals surface area contributed by atoms with E-state index in [1.165, 1.54) is 11.1 Å². The number of hydrogen-bond donors (Lipinski definition) is 2. The largest absolute Gasteiger partial charge is 0.352 e. The Hall–Kier alpha value is -0.810. The Labute approximate surface area is 171 Å². The van der Waals surface area contributed by atoms with Crippen LogP contribution in [0.3, 0.4) is 0 Å². The number of nitrogens with two attached hydrogens (primary N) is 1. The minimum Gasteiger partial charge on any atom is -0.352 e. The van der Waals surface area contributed by atoms with E-state index in [4.69, 9.17) is 5.73 Å². The van der Waals surface area contributed by atoms with Crippen molar-refractivity contribution >= 4 is 30.7 Å². The molecule has 3 N–H and O–H groups in total. The molecule has 26 heavy (non-hydrogen) atoms. The summed E-state index contributed by atoms with van der Waals surface area (Å²) in [6, 6.07) is 8.84. The lowest BCUT2D eigenvalue weighted by Gasteiger charge is -2.37. The number of nitrogens with one attached hydrogen (secondary N) is 1. The summed E-state index contributed by atoms with van der Waals surface area (Å²) in [6.07, 6.45) is 4.05. The second-order valence-electron chi connectivity index (χ2n) is 7.80. The normalized spacial score (nSPS) is 22.5. The summed E-state index contributed by atoms with van der Waals surface area (Å²) in [5.41, 5.74) is 8.44. The van der Waals surface area contributed by atoms with Crippen LogP contribution >= 0.6 is 24.8 Å². The third-order valence-electron chi connectivity index (χ3n) is 5.44. The van der Waals surface area contributed by atoms with Gasteiger partial charge in [-0.2, -0.15) is 0 Å². The van der Waals surface area contributed by atoms with Gasteiger partial charge in [-0.05, 0) is 51.8 Å². The molecule has 0 saturated heterocycles. The van der Waals surface area contributed by atoms with E-state index in [0.717, 1.165) is 32.2 Å². The summed E-state index contributed by atoms with van der Waals surface area (Å²) >= 11 is 0. The summed E-state index contributed by atoms with van der Waals surface area (Å²) in [7, 11) is 2.13. The predicted octanol–water partition coefficient (Wildman–Crippen LogP) is 3.89. The molecule has 1 saturated carbocycles. The zero-order chi connectivity index (χ0) is 17.7. The van der Waals surface area contributed by atoms with Gasteiger partial charge in [-0.15, -0.1) is 24.8 Å². The molecule has 0 aliphatic heterocycles. The molecule has 0 heterocycles. The van der Waals surface area contributed by atoms with Crippen molar-refractivity contribution in [3.05, 3.63) is 35.4 Å². The van der Waals surface area contributed by atoms with Crippen molar-refractivity contribution in [1.82, 2.24) is 10.2 Å². The van der Waals surface area contributed by atoms with E-state index in [1.54, 1.807) is 0 Å². The number of carbonyl (C=O) groups is 1. The topological polar surface area (TPSA) is 58.4 Å². The van der Waals surface area contributed by atoms with E-state index in [1.807, 2.05) is 13.0 Å². The standard InChI is InChI=1S/C20H33N3O.2ClH/c1-15(2)23(4)14-17-10-6-5-9-16(17)13-22-19(24)18-11-7-8-12-20(18,3)21;;/h5-6,9-10,15,18H,7-8,11-14,21H2,1-4H3,(H,22,24);2*1H. The molecule has 2 atom stereocenters. The van der Waals surface area contributed by atoms with Gasteiger partial charge >= 0.3 is 0 Å². The lowest BCUT2D eigenvalue weighted by Crippen LogP contribution is -2.52. The van der Waals surface area contributed by atoms with Crippen LogP contribution in [0.15, 0.2) is 24.3 Å².